The van der Waals surface area contributed by atoms with Crippen LogP contribution in [0.5, 0.6) is 0 Å². The van der Waals surface area contributed by atoms with Gasteiger partial charge < -0.3 is 9.97 Å². The second kappa shape index (κ2) is 6.34. The summed E-state index contributed by atoms with van der Waals surface area (Å²) in [4.78, 5) is 19.0. The van der Waals surface area contributed by atoms with Gasteiger partial charge in [-0.05, 0) is 54.8 Å². The van der Waals surface area contributed by atoms with Crippen molar-refractivity contribution in [3.8, 4) is 0 Å². The maximum Gasteiger partial charge on any atom is 0.161 e. The van der Waals surface area contributed by atoms with E-state index < -0.39 is 0 Å². The lowest BCUT2D eigenvalue weighted by atomic mass is 9.86. The van der Waals surface area contributed by atoms with Crippen LogP contribution in [0.2, 0.25) is 0 Å². The van der Waals surface area contributed by atoms with E-state index in [-0.39, 0.29) is 11.7 Å². The highest BCUT2D eigenvalue weighted by Gasteiger charge is 2.26. The first-order chi connectivity index (χ1) is 12.6. The molecule has 0 aliphatic heterocycles. The van der Waals surface area contributed by atoms with Gasteiger partial charge in [0.25, 0.3) is 0 Å². The molecule has 26 heavy (non-hydrogen) atoms. The van der Waals surface area contributed by atoms with E-state index in [1.165, 1.54) is 16.3 Å². The van der Waals surface area contributed by atoms with Crippen molar-refractivity contribution in [1.82, 2.24) is 9.97 Å². The number of carbonyl (C=O) groups excluding carboxylic acids is 1. The van der Waals surface area contributed by atoms with Gasteiger partial charge in [0.15, 0.2) is 5.78 Å². The lowest BCUT2D eigenvalue weighted by Gasteiger charge is -2.19. The highest BCUT2D eigenvalue weighted by atomic mass is 16.1. The van der Waals surface area contributed by atoms with Gasteiger partial charge in [0, 0.05) is 28.8 Å². The Morgan fingerprint density at radius 3 is 2.42 bits per heavy atom. The molecular weight excluding hydrogens is 320 g/mol. The van der Waals surface area contributed by atoms with E-state index in [0.29, 0.717) is 0 Å². The number of benzene rings is 2. The third-order valence-corrected chi connectivity index (χ3v) is 5.18. The molecule has 0 fully saturated rings. The molecule has 0 aliphatic rings. The van der Waals surface area contributed by atoms with E-state index >= 15 is 0 Å². The molecule has 130 valence electrons. The molecule has 0 saturated heterocycles. The molecule has 1 unspecified atom stereocenters. The van der Waals surface area contributed by atoms with Gasteiger partial charge in [-0.25, -0.2) is 0 Å². The largest absolute Gasteiger partial charge is 0.364 e. The van der Waals surface area contributed by atoms with Crippen molar-refractivity contribution in [3.05, 3.63) is 94.6 Å². The average Bonchev–Trinajstić information content (AvgIpc) is 3.24. The predicted molar refractivity (Wildman–Crippen MR) is 106 cm³/mol. The molecule has 2 aromatic carbocycles. The molecular formula is C23H22N2O. The van der Waals surface area contributed by atoms with Crippen LogP contribution < -0.4 is 0 Å². The summed E-state index contributed by atoms with van der Waals surface area (Å²) in [6.45, 7) is 5.65. The van der Waals surface area contributed by atoms with Crippen LogP contribution in [0.1, 0.15) is 51.4 Å². The van der Waals surface area contributed by atoms with Crippen molar-refractivity contribution in [2.24, 2.45) is 0 Å². The number of hydrogen-bond donors (Lipinski definition) is 2. The minimum Gasteiger partial charge on any atom is -0.364 e. The lowest BCUT2D eigenvalue weighted by molar-refractivity contribution is 0.101. The summed E-state index contributed by atoms with van der Waals surface area (Å²) in [5.74, 6) is 0.119. The first-order valence-electron chi connectivity index (χ1n) is 8.89. The number of aryl methyl sites for hydroxylation is 1. The number of aromatic nitrogens is 2. The SMILES string of the molecule is CC(=O)c1c(C)[nH]c(C(c2ccc[nH]2)c2cccc3ccccc23)c1C. The Balaban J connectivity index is 2.01. The van der Waals surface area contributed by atoms with Crippen molar-refractivity contribution in [3.63, 3.8) is 0 Å². The number of carbonyl (C=O) groups is 1. The Morgan fingerprint density at radius 1 is 0.962 bits per heavy atom. The fourth-order valence-electron chi connectivity index (χ4n) is 4.10. The van der Waals surface area contributed by atoms with Gasteiger partial charge in [0.1, 0.15) is 0 Å². The van der Waals surface area contributed by atoms with Crippen LogP contribution in [0.25, 0.3) is 10.8 Å². The number of Topliss-reactive ketones (excluding diaryl/α,β-unsaturated/α-hetero) is 1. The van der Waals surface area contributed by atoms with Gasteiger partial charge in [-0.2, -0.15) is 0 Å². The average molecular weight is 342 g/mol. The number of fused-ring (bicyclic) bond motifs is 1. The van der Waals surface area contributed by atoms with Crippen LogP contribution in [0, 0.1) is 13.8 Å². The molecule has 4 rings (SSSR count). The molecule has 2 aromatic heterocycles. The quantitative estimate of drug-likeness (QED) is 0.473. The molecule has 2 N–H and O–H groups in total. The molecule has 0 aliphatic carbocycles. The molecule has 1 atom stereocenters. The predicted octanol–water partition coefficient (Wildman–Crippen LogP) is 5.50. The number of rotatable bonds is 4. The summed E-state index contributed by atoms with van der Waals surface area (Å²) < 4.78 is 0. The van der Waals surface area contributed by atoms with Crippen molar-refractivity contribution < 1.29 is 4.79 Å². The van der Waals surface area contributed by atoms with E-state index in [4.69, 9.17) is 0 Å². The number of ketones is 1. The fraction of sp³-hybridized carbons (Fsp3) is 0.174. The molecule has 0 spiro atoms. The van der Waals surface area contributed by atoms with Crippen LogP contribution in [-0.2, 0) is 0 Å². The van der Waals surface area contributed by atoms with Crippen LogP contribution in [0.15, 0.2) is 60.8 Å². The Labute approximate surface area is 153 Å². The maximum atomic E-state index is 12.1. The van der Waals surface area contributed by atoms with E-state index in [1.807, 2.05) is 26.1 Å². The Morgan fingerprint density at radius 2 is 1.73 bits per heavy atom. The third-order valence-electron chi connectivity index (χ3n) is 5.18. The fourth-order valence-corrected chi connectivity index (χ4v) is 4.10. The second-order valence-corrected chi connectivity index (χ2v) is 6.85. The molecule has 0 saturated carbocycles. The van der Waals surface area contributed by atoms with Crippen LogP contribution in [0.4, 0.5) is 0 Å². The first kappa shape index (κ1) is 16.4. The molecule has 3 heteroatoms. The monoisotopic (exact) mass is 342 g/mol. The summed E-state index contributed by atoms with van der Waals surface area (Å²) >= 11 is 0. The molecule has 0 radical (unpaired) electrons. The van der Waals surface area contributed by atoms with Gasteiger partial charge >= 0.3 is 0 Å². The molecule has 2 heterocycles. The Hall–Kier alpha value is -3.07. The highest BCUT2D eigenvalue weighted by molar-refractivity contribution is 5.97. The van der Waals surface area contributed by atoms with Gasteiger partial charge in [0.2, 0.25) is 0 Å². The number of aromatic amines is 2. The number of nitrogens with one attached hydrogen (secondary N) is 2. The van der Waals surface area contributed by atoms with Crippen LogP contribution in [0.3, 0.4) is 0 Å². The van der Waals surface area contributed by atoms with Gasteiger partial charge in [-0.3, -0.25) is 4.79 Å². The number of H-pyrrole nitrogens is 2. The smallest absolute Gasteiger partial charge is 0.161 e. The summed E-state index contributed by atoms with van der Waals surface area (Å²) in [5.41, 5.74) is 6.18. The maximum absolute atomic E-state index is 12.1. The normalized spacial score (nSPS) is 12.4. The van der Waals surface area contributed by atoms with Crippen LogP contribution in [-0.4, -0.2) is 15.8 Å². The molecule has 0 amide bonds. The second-order valence-electron chi connectivity index (χ2n) is 6.85. The molecule has 3 nitrogen and oxygen atoms in total. The van der Waals surface area contributed by atoms with Crippen molar-refractivity contribution in [2.45, 2.75) is 26.7 Å². The minimum absolute atomic E-state index is 0.0166. The molecule has 4 aromatic rings. The summed E-state index contributed by atoms with van der Waals surface area (Å²) in [7, 11) is 0. The third kappa shape index (κ3) is 2.57. The van der Waals surface area contributed by atoms with Crippen molar-refractivity contribution in [1.29, 1.82) is 0 Å². The zero-order valence-corrected chi connectivity index (χ0v) is 15.3. The topological polar surface area (TPSA) is 48.6 Å². The van der Waals surface area contributed by atoms with E-state index in [9.17, 15) is 4.79 Å². The summed E-state index contributed by atoms with van der Waals surface area (Å²) in [6, 6.07) is 19.0. The number of hydrogen-bond acceptors (Lipinski definition) is 1. The van der Waals surface area contributed by atoms with E-state index in [0.717, 1.165) is 28.2 Å². The van der Waals surface area contributed by atoms with E-state index in [2.05, 4.69) is 58.5 Å². The summed E-state index contributed by atoms with van der Waals surface area (Å²) in [6.07, 6.45) is 1.95. The zero-order valence-electron chi connectivity index (χ0n) is 15.3. The van der Waals surface area contributed by atoms with Crippen molar-refractivity contribution in [2.75, 3.05) is 0 Å². The lowest BCUT2D eigenvalue weighted by Crippen LogP contribution is -2.07. The van der Waals surface area contributed by atoms with Gasteiger partial charge in [0.05, 0.1) is 5.92 Å². The first-order valence-corrected chi connectivity index (χ1v) is 8.89. The van der Waals surface area contributed by atoms with Crippen LogP contribution >= 0.6 is 0 Å². The van der Waals surface area contributed by atoms with Gasteiger partial charge in [-0.1, -0.05) is 42.5 Å². The highest BCUT2D eigenvalue weighted by Crippen LogP contribution is 2.37. The van der Waals surface area contributed by atoms with Gasteiger partial charge in [-0.15, -0.1) is 0 Å². The minimum atomic E-state index is 0.0166. The zero-order chi connectivity index (χ0) is 18.3. The Bertz CT molecular complexity index is 1080. The standard InChI is InChI=1S/C23H22N2O/c1-14-21(16(3)26)15(2)25-23(14)22(20-12-7-13-24-20)19-11-6-9-17-8-4-5-10-18(17)19/h4-13,22,24-25H,1-3H3. The summed E-state index contributed by atoms with van der Waals surface area (Å²) in [5, 5.41) is 2.44. The Kier molecular flexibility index (Phi) is 4.00. The van der Waals surface area contributed by atoms with E-state index in [1.54, 1.807) is 6.92 Å². The van der Waals surface area contributed by atoms with Crippen molar-refractivity contribution >= 4 is 16.6 Å². The molecule has 0 bridgehead atoms.